The molecule has 1 aliphatic heterocycles. The molecule has 8 nitrogen and oxygen atoms in total. The van der Waals surface area contributed by atoms with Crippen molar-refractivity contribution in [1.29, 1.82) is 5.26 Å². The van der Waals surface area contributed by atoms with Gasteiger partial charge >= 0.3 is 0 Å². The molecule has 1 aliphatic rings. The Morgan fingerprint density at radius 3 is 2.77 bits per heavy atom. The van der Waals surface area contributed by atoms with Crippen molar-refractivity contribution < 1.29 is 9.47 Å². The summed E-state index contributed by atoms with van der Waals surface area (Å²) < 4.78 is 11.6. The van der Waals surface area contributed by atoms with Gasteiger partial charge in [0.1, 0.15) is 17.8 Å². The number of piperidine rings is 1. The lowest BCUT2D eigenvalue weighted by atomic mass is 10.1. The van der Waals surface area contributed by atoms with Crippen LogP contribution >= 0.6 is 0 Å². The first-order valence-corrected chi connectivity index (χ1v) is 9.85. The number of methoxy groups -OCH3 is 1. The Morgan fingerprint density at radius 1 is 1.10 bits per heavy atom. The van der Waals surface area contributed by atoms with Crippen LogP contribution in [0.4, 0.5) is 0 Å². The van der Waals surface area contributed by atoms with Gasteiger partial charge in [-0.3, -0.25) is 0 Å². The Labute approximate surface area is 172 Å². The topological polar surface area (TPSA) is 109 Å². The molecular formula is C22H20N6O2. The van der Waals surface area contributed by atoms with Gasteiger partial charge in [-0.1, -0.05) is 0 Å². The lowest BCUT2D eigenvalue weighted by molar-refractivity contribution is 0.163. The average Bonchev–Trinajstić information content (AvgIpc) is 3.18. The third-order valence-electron chi connectivity index (χ3n) is 5.40. The van der Waals surface area contributed by atoms with Crippen LogP contribution in [0.2, 0.25) is 0 Å². The van der Waals surface area contributed by atoms with E-state index in [1.807, 2.05) is 18.2 Å². The maximum absolute atomic E-state index is 9.66. The molecule has 5 rings (SSSR count). The Hall–Kier alpha value is -3.70. The van der Waals surface area contributed by atoms with E-state index in [4.69, 9.17) is 9.47 Å². The Morgan fingerprint density at radius 2 is 1.97 bits per heavy atom. The number of hydrogen-bond donors (Lipinski definition) is 2. The van der Waals surface area contributed by atoms with Gasteiger partial charge in [-0.15, -0.1) is 0 Å². The number of rotatable bonds is 4. The van der Waals surface area contributed by atoms with E-state index < -0.39 is 0 Å². The van der Waals surface area contributed by atoms with Crippen molar-refractivity contribution in [3.63, 3.8) is 0 Å². The van der Waals surface area contributed by atoms with E-state index in [1.165, 1.54) is 0 Å². The van der Waals surface area contributed by atoms with Gasteiger partial charge < -0.3 is 19.8 Å². The second-order valence-corrected chi connectivity index (χ2v) is 7.24. The van der Waals surface area contributed by atoms with Gasteiger partial charge in [0.25, 0.3) is 0 Å². The van der Waals surface area contributed by atoms with Crippen LogP contribution in [0.1, 0.15) is 18.5 Å². The minimum atomic E-state index is 0.0521. The van der Waals surface area contributed by atoms with Gasteiger partial charge in [-0.2, -0.15) is 5.26 Å². The normalized spacial score (nSPS) is 14.7. The van der Waals surface area contributed by atoms with Crippen molar-refractivity contribution >= 4 is 21.9 Å². The number of nitriles is 1. The first kappa shape index (κ1) is 18.3. The van der Waals surface area contributed by atoms with E-state index in [2.05, 4.69) is 31.3 Å². The zero-order valence-corrected chi connectivity index (χ0v) is 16.5. The molecule has 0 bridgehead atoms. The second kappa shape index (κ2) is 7.61. The third-order valence-corrected chi connectivity index (χ3v) is 5.40. The molecule has 30 heavy (non-hydrogen) atoms. The minimum absolute atomic E-state index is 0.0521. The molecule has 4 aromatic rings. The van der Waals surface area contributed by atoms with Crippen LogP contribution in [0, 0.1) is 11.3 Å². The zero-order valence-electron chi connectivity index (χ0n) is 16.5. The largest absolute Gasteiger partial charge is 0.487 e. The summed E-state index contributed by atoms with van der Waals surface area (Å²) in [4.78, 5) is 16.4. The highest BCUT2D eigenvalue weighted by molar-refractivity contribution is 6.10. The Balaban J connectivity index is 1.68. The highest BCUT2D eigenvalue weighted by atomic mass is 16.5. The van der Waals surface area contributed by atoms with Crippen LogP contribution in [0.5, 0.6) is 11.6 Å². The first-order chi connectivity index (χ1) is 14.8. The highest BCUT2D eigenvalue weighted by Crippen LogP contribution is 2.37. The number of hydrogen-bond acceptors (Lipinski definition) is 7. The summed E-state index contributed by atoms with van der Waals surface area (Å²) in [6, 6.07) is 8.01. The molecule has 0 saturated carbocycles. The molecule has 0 unspecified atom stereocenters. The van der Waals surface area contributed by atoms with E-state index in [-0.39, 0.29) is 11.8 Å². The lowest BCUT2D eigenvalue weighted by Crippen LogP contribution is -2.34. The molecule has 2 N–H and O–H groups in total. The predicted molar refractivity (Wildman–Crippen MR) is 112 cm³/mol. The highest BCUT2D eigenvalue weighted by Gasteiger charge is 2.22. The van der Waals surface area contributed by atoms with Gasteiger partial charge in [0.15, 0.2) is 11.4 Å². The van der Waals surface area contributed by atoms with Crippen LogP contribution in [0.3, 0.4) is 0 Å². The number of fused-ring (bicyclic) bond motifs is 3. The second-order valence-electron chi connectivity index (χ2n) is 7.24. The van der Waals surface area contributed by atoms with Crippen molar-refractivity contribution in [2.75, 3.05) is 20.2 Å². The summed E-state index contributed by atoms with van der Waals surface area (Å²) >= 11 is 0. The quantitative estimate of drug-likeness (QED) is 0.541. The maximum Gasteiger partial charge on any atom is 0.213 e. The monoisotopic (exact) mass is 400 g/mol. The molecule has 0 atom stereocenters. The fourth-order valence-corrected chi connectivity index (χ4v) is 3.87. The Bertz CT molecular complexity index is 1270. The summed E-state index contributed by atoms with van der Waals surface area (Å²) in [6.07, 6.45) is 7.01. The summed E-state index contributed by atoms with van der Waals surface area (Å²) in [5, 5.41) is 14.7. The van der Waals surface area contributed by atoms with E-state index >= 15 is 0 Å². The molecule has 8 heteroatoms. The third kappa shape index (κ3) is 3.19. The van der Waals surface area contributed by atoms with Gasteiger partial charge in [0, 0.05) is 29.4 Å². The van der Waals surface area contributed by atoms with E-state index in [0.29, 0.717) is 11.6 Å². The van der Waals surface area contributed by atoms with Crippen molar-refractivity contribution in [2.45, 2.75) is 18.9 Å². The van der Waals surface area contributed by atoms with Crippen molar-refractivity contribution in [2.24, 2.45) is 0 Å². The lowest BCUT2D eigenvalue weighted by Gasteiger charge is -2.24. The molecule has 1 saturated heterocycles. The van der Waals surface area contributed by atoms with Crippen LogP contribution in [0.25, 0.3) is 33.1 Å². The van der Waals surface area contributed by atoms with E-state index in [9.17, 15) is 5.26 Å². The van der Waals surface area contributed by atoms with E-state index in [0.717, 1.165) is 59.0 Å². The molecule has 5 heterocycles. The number of aromatic nitrogens is 4. The maximum atomic E-state index is 9.66. The van der Waals surface area contributed by atoms with Crippen LogP contribution in [0.15, 0.2) is 36.8 Å². The van der Waals surface area contributed by atoms with Crippen molar-refractivity contribution in [3.05, 3.63) is 42.5 Å². The molecule has 0 radical (unpaired) electrons. The standard InChI is InChI=1S/C22H20N6O2/c1-29-19-9-13(2-7-25-19)14-8-16-20-18(28-22(16)27-11-14)12-26-17(10-23)21(20)30-15-3-5-24-6-4-15/h2,7-9,11-12,15,24H,3-6H2,1H3,(H,27,28). The molecular weight excluding hydrogens is 380 g/mol. The number of nitrogens with zero attached hydrogens (tertiary/aromatic N) is 4. The van der Waals surface area contributed by atoms with Crippen LogP contribution in [-0.2, 0) is 0 Å². The molecule has 0 amide bonds. The molecule has 0 aliphatic carbocycles. The number of ether oxygens (including phenoxy) is 2. The van der Waals surface area contributed by atoms with Crippen LogP contribution < -0.4 is 14.8 Å². The van der Waals surface area contributed by atoms with Crippen LogP contribution in [-0.4, -0.2) is 46.2 Å². The van der Waals surface area contributed by atoms with Crippen molar-refractivity contribution in [3.8, 4) is 28.8 Å². The van der Waals surface area contributed by atoms with E-state index in [1.54, 1.807) is 25.7 Å². The first-order valence-electron chi connectivity index (χ1n) is 9.85. The predicted octanol–water partition coefficient (Wildman–Crippen LogP) is 3.18. The fraction of sp³-hybridized carbons (Fsp3) is 0.273. The summed E-state index contributed by atoms with van der Waals surface area (Å²) in [5.41, 5.74) is 3.68. The van der Waals surface area contributed by atoms with Gasteiger partial charge in [-0.25, -0.2) is 15.0 Å². The summed E-state index contributed by atoms with van der Waals surface area (Å²) in [7, 11) is 1.59. The molecule has 1 fully saturated rings. The number of aromatic amines is 1. The fourth-order valence-electron chi connectivity index (χ4n) is 3.87. The minimum Gasteiger partial charge on any atom is -0.487 e. The SMILES string of the molecule is COc1cc(-c2cnc3[nH]c4cnc(C#N)c(OC5CCNCC5)c4c3c2)ccn1. The number of pyridine rings is 3. The smallest absolute Gasteiger partial charge is 0.213 e. The number of nitrogens with one attached hydrogen (secondary N) is 2. The van der Waals surface area contributed by atoms with Crippen molar-refractivity contribution in [1.82, 2.24) is 25.3 Å². The van der Waals surface area contributed by atoms with Gasteiger partial charge in [0.05, 0.1) is 24.2 Å². The Kier molecular flexibility index (Phi) is 4.65. The molecule has 0 spiro atoms. The van der Waals surface area contributed by atoms with Gasteiger partial charge in [-0.05, 0) is 43.6 Å². The molecule has 4 aromatic heterocycles. The molecule has 150 valence electrons. The summed E-state index contributed by atoms with van der Waals surface area (Å²) in [6.45, 7) is 1.80. The molecule has 0 aromatic carbocycles. The average molecular weight is 400 g/mol. The number of H-pyrrole nitrogens is 1. The summed E-state index contributed by atoms with van der Waals surface area (Å²) in [5.74, 6) is 1.07. The zero-order chi connectivity index (χ0) is 20.5. The van der Waals surface area contributed by atoms with Gasteiger partial charge in [0.2, 0.25) is 5.88 Å².